The van der Waals surface area contributed by atoms with Gasteiger partial charge in [0.25, 0.3) is 0 Å². The summed E-state index contributed by atoms with van der Waals surface area (Å²) in [6.45, 7) is 3.69. The molecule has 4 bridgehead atoms. The van der Waals surface area contributed by atoms with Crippen LogP contribution in [0.4, 0.5) is 4.39 Å². The lowest BCUT2D eigenvalue weighted by Gasteiger charge is -2.23. The summed E-state index contributed by atoms with van der Waals surface area (Å²) in [5, 5.41) is 9.99. The molecular formula is C22H27FN4O4. The van der Waals surface area contributed by atoms with Crippen LogP contribution in [-0.2, 0) is 14.2 Å². The van der Waals surface area contributed by atoms with Gasteiger partial charge in [0, 0.05) is 23.8 Å². The first-order valence-corrected chi connectivity index (χ1v) is 10.8. The number of hydrogen-bond donors (Lipinski definition) is 0. The summed E-state index contributed by atoms with van der Waals surface area (Å²) in [4.78, 5) is 0. The molecule has 2 aliphatic heterocycles. The van der Waals surface area contributed by atoms with E-state index in [4.69, 9.17) is 24.0 Å². The van der Waals surface area contributed by atoms with E-state index >= 15 is 0 Å². The van der Waals surface area contributed by atoms with Gasteiger partial charge >= 0.3 is 0 Å². The van der Waals surface area contributed by atoms with Gasteiger partial charge in [-0.1, -0.05) is 0 Å². The average Bonchev–Trinajstić information content (AvgIpc) is 3.41. The molecule has 2 aliphatic rings. The number of aromatic nitrogens is 4. The minimum Gasteiger partial charge on any atom is -0.488 e. The minimum absolute atomic E-state index is 0.0915. The molecule has 9 heteroatoms. The number of fused-ring (bicyclic) bond motifs is 4. The SMILES string of the molecule is C[C@@H]1COCCOCC(F)n2cc(cn2)-c2nn(C3CCCCO3)c3ccc(cc23)O1. The van der Waals surface area contributed by atoms with E-state index in [-0.39, 0.29) is 18.9 Å². The van der Waals surface area contributed by atoms with Crippen molar-refractivity contribution in [3.63, 3.8) is 0 Å². The molecule has 166 valence electrons. The summed E-state index contributed by atoms with van der Waals surface area (Å²) >= 11 is 0. The van der Waals surface area contributed by atoms with Crippen LogP contribution in [0, 0.1) is 0 Å². The summed E-state index contributed by atoms with van der Waals surface area (Å²) in [6.07, 6.45) is 4.74. The van der Waals surface area contributed by atoms with Crippen molar-refractivity contribution in [3.05, 3.63) is 30.6 Å². The lowest BCUT2D eigenvalue weighted by molar-refractivity contribution is -0.0365. The largest absolute Gasteiger partial charge is 0.488 e. The number of alkyl halides is 1. The van der Waals surface area contributed by atoms with Gasteiger partial charge in [-0.2, -0.15) is 10.2 Å². The van der Waals surface area contributed by atoms with Gasteiger partial charge in [0.05, 0.1) is 38.1 Å². The molecule has 8 nitrogen and oxygen atoms in total. The Bertz CT molecular complexity index is 1030. The second kappa shape index (κ2) is 8.94. The van der Waals surface area contributed by atoms with Crippen molar-refractivity contribution < 1.29 is 23.3 Å². The monoisotopic (exact) mass is 430 g/mol. The van der Waals surface area contributed by atoms with Crippen LogP contribution < -0.4 is 4.74 Å². The van der Waals surface area contributed by atoms with E-state index in [1.807, 2.05) is 29.8 Å². The van der Waals surface area contributed by atoms with Gasteiger partial charge in [-0.3, -0.25) is 0 Å². The number of rotatable bonds is 1. The smallest absolute Gasteiger partial charge is 0.214 e. The maximum Gasteiger partial charge on any atom is 0.214 e. The highest BCUT2D eigenvalue weighted by Crippen LogP contribution is 2.35. The molecule has 1 saturated heterocycles. The van der Waals surface area contributed by atoms with Crippen LogP contribution in [-0.4, -0.2) is 58.7 Å². The van der Waals surface area contributed by atoms with Crippen molar-refractivity contribution in [1.29, 1.82) is 0 Å². The normalized spacial score (nSPS) is 25.5. The molecule has 3 atom stereocenters. The summed E-state index contributed by atoms with van der Waals surface area (Å²) in [5.74, 6) is 0.730. The molecule has 0 radical (unpaired) electrons. The zero-order chi connectivity index (χ0) is 21.2. The van der Waals surface area contributed by atoms with Gasteiger partial charge in [0.15, 0.2) is 6.23 Å². The van der Waals surface area contributed by atoms with Crippen molar-refractivity contribution in [3.8, 4) is 17.0 Å². The Labute approximate surface area is 179 Å². The van der Waals surface area contributed by atoms with Crippen molar-refractivity contribution in [1.82, 2.24) is 19.6 Å². The topological polar surface area (TPSA) is 72.6 Å². The van der Waals surface area contributed by atoms with Crippen LogP contribution in [0.5, 0.6) is 5.75 Å². The van der Waals surface area contributed by atoms with Crippen molar-refractivity contribution in [2.24, 2.45) is 0 Å². The molecule has 1 aromatic carbocycles. The average molecular weight is 430 g/mol. The molecule has 0 spiro atoms. The number of hydrogen-bond acceptors (Lipinski definition) is 6. The van der Waals surface area contributed by atoms with Gasteiger partial charge in [-0.15, -0.1) is 0 Å². The van der Waals surface area contributed by atoms with Gasteiger partial charge in [-0.25, -0.2) is 13.8 Å². The van der Waals surface area contributed by atoms with E-state index in [1.165, 1.54) is 4.68 Å². The van der Waals surface area contributed by atoms with Crippen LogP contribution in [0.2, 0.25) is 0 Å². The Morgan fingerprint density at radius 2 is 1.97 bits per heavy atom. The first-order chi connectivity index (χ1) is 15.2. The predicted molar refractivity (Wildman–Crippen MR) is 112 cm³/mol. The molecule has 2 unspecified atom stereocenters. The van der Waals surface area contributed by atoms with Crippen LogP contribution >= 0.6 is 0 Å². The molecule has 0 saturated carbocycles. The highest BCUT2D eigenvalue weighted by Gasteiger charge is 2.23. The second-order valence-electron chi connectivity index (χ2n) is 8.02. The zero-order valence-electron chi connectivity index (χ0n) is 17.6. The van der Waals surface area contributed by atoms with Crippen molar-refractivity contribution in [2.75, 3.05) is 33.0 Å². The third-order valence-corrected chi connectivity index (χ3v) is 5.59. The lowest BCUT2D eigenvalue weighted by Crippen LogP contribution is -2.21. The molecule has 0 aliphatic carbocycles. The Kier molecular flexibility index (Phi) is 5.89. The molecule has 31 heavy (non-hydrogen) atoms. The van der Waals surface area contributed by atoms with E-state index < -0.39 is 6.30 Å². The standard InChI is InChI=1S/C22H27FN4O4/c1-15-13-28-8-9-29-14-20(23)26-12-16(11-24-26)22-18-10-17(31-15)5-6-19(18)27(25-22)21-4-2-3-7-30-21/h5-6,10-12,15,20-21H,2-4,7-9,13-14H2,1H3/t15-,20?,21?/m1/s1. The van der Waals surface area contributed by atoms with E-state index in [9.17, 15) is 4.39 Å². The van der Waals surface area contributed by atoms with Gasteiger partial charge in [0.1, 0.15) is 17.5 Å². The molecular weight excluding hydrogens is 403 g/mol. The number of benzene rings is 1. The van der Waals surface area contributed by atoms with Crippen molar-refractivity contribution in [2.45, 2.75) is 44.8 Å². The first kappa shape index (κ1) is 20.4. The van der Waals surface area contributed by atoms with E-state index in [2.05, 4.69) is 5.10 Å². The van der Waals surface area contributed by atoms with Crippen LogP contribution in [0.25, 0.3) is 22.2 Å². The Morgan fingerprint density at radius 1 is 1.10 bits per heavy atom. The van der Waals surface area contributed by atoms with Crippen LogP contribution in [0.3, 0.4) is 0 Å². The maximum atomic E-state index is 14.6. The van der Waals surface area contributed by atoms with E-state index in [0.29, 0.717) is 19.8 Å². The quantitative estimate of drug-likeness (QED) is 0.583. The first-order valence-electron chi connectivity index (χ1n) is 10.8. The van der Waals surface area contributed by atoms with Gasteiger partial charge < -0.3 is 18.9 Å². The number of nitrogens with zero attached hydrogens (tertiary/aromatic N) is 4. The molecule has 3 aromatic rings. The second-order valence-corrected chi connectivity index (χ2v) is 8.02. The summed E-state index contributed by atoms with van der Waals surface area (Å²) in [5.41, 5.74) is 2.42. The Balaban J connectivity index is 1.59. The van der Waals surface area contributed by atoms with E-state index in [0.717, 1.165) is 53.8 Å². The summed E-state index contributed by atoms with van der Waals surface area (Å²) in [7, 11) is 0. The highest BCUT2D eigenvalue weighted by atomic mass is 19.1. The molecule has 4 heterocycles. The maximum absolute atomic E-state index is 14.6. The fraction of sp³-hybridized carbons (Fsp3) is 0.545. The Morgan fingerprint density at radius 3 is 2.81 bits per heavy atom. The van der Waals surface area contributed by atoms with Gasteiger partial charge in [-0.05, 0) is 44.4 Å². The predicted octanol–water partition coefficient (Wildman–Crippen LogP) is 3.88. The molecule has 2 aromatic heterocycles. The van der Waals surface area contributed by atoms with E-state index in [1.54, 1.807) is 12.4 Å². The Hall–Kier alpha value is -2.49. The third-order valence-electron chi connectivity index (χ3n) is 5.59. The summed E-state index contributed by atoms with van der Waals surface area (Å²) in [6, 6.07) is 5.93. The van der Waals surface area contributed by atoms with Crippen LogP contribution in [0.1, 0.15) is 38.7 Å². The number of ether oxygens (including phenoxy) is 4. The lowest BCUT2D eigenvalue weighted by atomic mass is 10.1. The molecule has 0 amide bonds. The molecule has 1 fully saturated rings. The zero-order valence-corrected chi connectivity index (χ0v) is 17.6. The highest BCUT2D eigenvalue weighted by molar-refractivity contribution is 5.94. The fourth-order valence-electron chi connectivity index (χ4n) is 4.05. The van der Waals surface area contributed by atoms with Crippen LogP contribution in [0.15, 0.2) is 30.6 Å². The molecule has 0 N–H and O–H groups in total. The fourth-order valence-corrected chi connectivity index (χ4v) is 4.05. The van der Waals surface area contributed by atoms with Crippen molar-refractivity contribution >= 4 is 10.9 Å². The number of halogens is 1. The minimum atomic E-state index is -1.38. The molecule has 5 rings (SSSR count). The summed E-state index contributed by atoms with van der Waals surface area (Å²) < 4.78 is 40.8. The van der Waals surface area contributed by atoms with Gasteiger partial charge in [0.2, 0.25) is 6.30 Å². The third kappa shape index (κ3) is 4.30.